The van der Waals surface area contributed by atoms with Crippen LogP contribution < -0.4 is 10.1 Å². The van der Waals surface area contributed by atoms with Crippen LogP contribution in [0.4, 0.5) is 5.69 Å². The number of nitrogens with one attached hydrogen (secondary N) is 1. The third-order valence-electron chi connectivity index (χ3n) is 6.45. The van der Waals surface area contributed by atoms with Crippen LogP contribution >= 0.6 is 0 Å². The van der Waals surface area contributed by atoms with E-state index in [9.17, 15) is 18.3 Å². The molecule has 0 radical (unpaired) electrons. The highest BCUT2D eigenvalue weighted by molar-refractivity contribution is 7.89. The van der Waals surface area contributed by atoms with Gasteiger partial charge in [-0.05, 0) is 73.9 Å². The van der Waals surface area contributed by atoms with E-state index in [2.05, 4.69) is 5.32 Å². The maximum absolute atomic E-state index is 13.2. The largest absolute Gasteiger partial charge is 0.483 e. The number of aliphatic hydroxyl groups excluding tert-OH is 1. The number of amides is 1. The summed E-state index contributed by atoms with van der Waals surface area (Å²) in [6.07, 6.45) is 5.74. The molecule has 33 heavy (non-hydrogen) atoms. The van der Waals surface area contributed by atoms with Gasteiger partial charge in [-0.25, -0.2) is 8.42 Å². The minimum atomic E-state index is -3.62. The van der Waals surface area contributed by atoms with Crippen LogP contribution in [0, 0.1) is 6.92 Å². The molecule has 1 aliphatic carbocycles. The Balaban J connectivity index is 1.45. The summed E-state index contributed by atoms with van der Waals surface area (Å²) in [5.74, 6) is 0.237. The predicted octanol–water partition coefficient (Wildman–Crippen LogP) is 3.95. The van der Waals surface area contributed by atoms with Gasteiger partial charge in [0.15, 0.2) is 6.61 Å². The molecule has 1 heterocycles. The van der Waals surface area contributed by atoms with Gasteiger partial charge in [0.05, 0.1) is 11.0 Å². The molecule has 0 bridgehead atoms. The van der Waals surface area contributed by atoms with E-state index >= 15 is 0 Å². The summed E-state index contributed by atoms with van der Waals surface area (Å²) in [7, 11) is -3.62. The van der Waals surface area contributed by atoms with Crippen LogP contribution in [0.2, 0.25) is 0 Å². The second kappa shape index (κ2) is 10.2. The van der Waals surface area contributed by atoms with Crippen molar-refractivity contribution in [2.45, 2.75) is 62.9 Å². The number of nitrogens with zero attached hydrogens (tertiary/aromatic N) is 1. The van der Waals surface area contributed by atoms with E-state index in [1.54, 1.807) is 23.4 Å². The number of carbonyl (C=O) groups excluding carboxylic acids is 1. The lowest BCUT2D eigenvalue weighted by Gasteiger charge is -2.23. The van der Waals surface area contributed by atoms with Gasteiger partial charge in [0.2, 0.25) is 10.0 Å². The van der Waals surface area contributed by atoms with Crippen molar-refractivity contribution in [1.82, 2.24) is 4.31 Å². The fourth-order valence-corrected chi connectivity index (χ4v) is 6.41. The van der Waals surface area contributed by atoms with Gasteiger partial charge in [0.1, 0.15) is 5.75 Å². The smallest absolute Gasteiger partial charge is 0.262 e. The minimum Gasteiger partial charge on any atom is -0.483 e. The number of carbonyl (C=O) groups is 1. The van der Waals surface area contributed by atoms with Gasteiger partial charge in [-0.15, -0.1) is 0 Å². The van der Waals surface area contributed by atoms with Crippen LogP contribution in [0.3, 0.4) is 0 Å². The van der Waals surface area contributed by atoms with E-state index < -0.39 is 16.1 Å². The molecule has 2 aromatic rings. The first-order valence-electron chi connectivity index (χ1n) is 11.7. The molecular formula is C25H32N2O5S. The Labute approximate surface area is 195 Å². The molecule has 0 aromatic heterocycles. The Hall–Kier alpha value is -2.42. The highest BCUT2D eigenvalue weighted by Gasteiger charge is 2.27. The maximum atomic E-state index is 13.2. The molecular weight excluding hydrogens is 440 g/mol. The Kier molecular flexibility index (Phi) is 7.36. The Bertz CT molecular complexity index is 1110. The monoisotopic (exact) mass is 472 g/mol. The predicted molar refractivity (Wildman–Crippen MR) is 127 cm³/mol. The Morgan fingerprint density at radius 1 is 1.12 bits per heavy atom. The van der Waals surface area contributed by atoms with Crippen molar-refractivity contribution in [3.8, 4) is 5.75 Å². The molecule has 1 aliphatic heterocycles. The van der Waals surface area contributed by atoms with Gasteiger partial charge >= 0.3 is 0 Å². The normalized spacial score (nSPS) is 19.4. The average Bonchev–Trinajstić information content (AvgIpc) is 3.09. The topological polar surface area (TPSA) is 95.9 Å². The number of ether oxygens (including phenoxy) is 1. The highest BCUT2D eigenvalue weighted by Crippen LogP contribution is 2.35. The third kappa shape index (κ3) is 5.39. The summed E-state index contributed by atoms with van der Waals surface area (Å²) < 4.78 is 33.8. The molecule has 2 aromatic carbocycles. The zero-order valence-corrected chi connectivity index (χ0v) is 19.9. The number of aryl methyl sites for hydroxylation is 1. The van der Waals surface area contributed by atoms with Crippen LogP contribution in [0.1, 0.15) is 61.3 Å². The molecule has 178 valence electrons. The number of rotatable bonds is 6. The van der Waals surface area contributed by atoms with Crippen molar-refractivity contribution in [2.24, 2.45) is 0 Å². The SMILES string of the molecule is Cc1ccc(NC(=O)COc2cccc3c2CCC[C@H]3O)cc1S(=O)(=O)N1CCCCCC1. The molecule has 4 rings (SSSR count). The van der Waals surface area contributed by atoms with E-state index in [4.69, 9.17) is 4.74 Å². The van der Waals surface area contributed by atoms with Gasteiger partial charge in [0, 0.05) is 18.8 Å². The average molecular weight is 473 g/mol. The molecule has 0 unspecified atom stereocenters. The summed E-state index contributed by atoms with van der Waals surface area (Å²) in [6.45, 7) is 2.63. The number of fused-ring (bicyclic) bond motifs is 1. The van der Waals surface area contributed by atoms with E-state index in [-0.39, 0.29) is 17.4 Å². The van der Waals surface area contributed by atoms with Crippen molar-refractivity contribution in [3.05, 3.63) is 53.1 Å². The first kappa shape index (κ1) is 23.7. The van der Waals surface area contributed by atoms with Crippen molar-refractivity contribution < 1.29 is 23.1 Å². The zero-order chi connectivity index (χ0) is 23.4. The highest BCUT2D eigenvalue weighted by atomic mass is 32.2. The lowest BCUT2D eigenvalue weighted by Crippen LogP contribution is -2.32. The molecule has 1 amide bonds. The van der Waals surface area contributed by atoms with Crippen LogP contribution in [-0.4, -0.2) is 43.4 Å². The maximum Gasteiger partial charge on any atom is 0.262 e. The molecule has 1 atom stereocenters. The van der Waals surface area contributed by atoms with E-state index in [1.165, 1.54) is 6.07 Å². The molecule has 0 spiro atoms. The summed E-state index contributed by atoms with van der Waals surface area (Å²) >= 11 is 0. The first-order valence-corrected chi connectivity index (χ1v) is 13.1. The molecule has 2 N–H and O–H groups in total. The van der Waals surface area contributed by atoms with Crippen molar-refractivity contribution in [1.29, 1.82) is 0 Å². The van der Waals surface area contributed by atoms with Crippen molar-refractivity contribution in [3.63, 3.8) is 0 Å². The molecule has 8 heteroatoms. The molecule has 7 nitrogen and oxygen atoms in total. The second-order valence-electron chi connectivity index (χ2n) is 8.87. The first-order chi connectivity index (χ1) is 15.9. The van der Waals surface area contributed by atoms with Gasteiger partial charge in [0.25, 0.3) is 5.91 Å². The number of hydrogen-bond donors (Lipinski definition) is 2. The lowest BCUT2D eigenvalue weighted by atomic mass is 9.89. The molecule has 1 saturated heterocycles. The fraction of sp³-hybridized carbons (Fsp3) is 0.480. The van der Waals surface area contributed by atoms with Gasteiger partial charge < -0.3 is 15.2 Å². The third-order valence-corrected chi connectivity index (χ3v) is 8.49. The number of sulfonamides is 1. The quantitative estimate of drug-likeness (QED) is 0.664. The summed E-state index contributed by atoms with van der Waals surface area (Å²) in [5.41, 5.74) is 2.89. The van der Waals surface area contributed by atoms with Gasteiger partial charge in [-0.1, -0.05) is 31.0 Å². The minimum absolute atomic E-state index is 0.200. The van der Waals surface area contributed by atoms with Crippen LogP contribution in [0.25, 0.3) is 0 Å². The lowest BCUT2D eigenvalue weighted by molar-refractivity contribution is -0.118. The van der Waals surface area contributed by atoms with E-state index in [0.717, 1.165) is 56.1 Å². The van der Waals surface area contributed by atoms with E-state index in [0.29, 0.717) is 30.1 Å². The second-order valence-corrected chi connectivity index (χ2v) is 10.8. The summed E-state index contributed by atoms with van der Waals surface area (Å²) in [5, 5.41) is 13.0. The summed E-state index contributed by atoms with van der Waals surface area (Å²) in [6, 6.07) is 10.5. The summed E-state index contributed by atoms with van der Waals surface area (Å²) in [4.78, 5) is 12.8. The number of benzene rings is 2. The standard InChI is InChI=1S/C25H32N2O5S/c1-18-12-13-19(16-24(18)33(30,31)27-14-4-2-3-5-15-27)26-25(29)17-32-23-11-7-8-20-21(23)9-6-10-22(20)28/h7-8,11-13,16,22,28H,2-6,9-10,14-15,17H2,1H3,(H,26,29)/t22-/m1/s1. The fourth-order valence-electron chi connectivity index (χ4n) is 4.64. The van der Waals surface area contributed by atoms with Crippen molar-refractivity contribution >= 4 is 21.6 Å². The van der Waals surface area contributed by atoms with Gasteiger partial charge in [-0.3, -0.25) is 4.79 Å². The van der Waals surface area contributed by atoms with Gasteiger partial charge in [-0.2, -0.15) is 4.31 Å². The Morgan fingerprint density at radius 3 is 2.64 bits per heavy atom. The number of anilines is 1. The Morgan fingerprint density at radius 2 is 1.88 bits per heavy atom. The van der Waals surface area contributed by atoms with E-state index in [1.807, 2.05) is 18.2 Å². The number of aliphatic hydroxyl groups is 1. The molecule has 2 aliphatic rings. The van der Waals surface area contributed by atoms with Crippen molar-refractivity contribution in [2.75, 3.05) is 25.0 Å². The van der Waals surface area contributed by atoms with Crippen LogP contribution in [-0.2, 0) is 21.2 Å². The zero-order valence-electron chi connectivity index (χ0n) is 19.0. The molecule has 0 saturated carbocycles. The molecule has 1 fully saturated rings. The van der Waals surface area contributed by atoms with Crippen LogP contribution in [0.5, 0.6) is 5.75 Å². The van der Waals surface area contributed by atoms with Crippen LogP contribution in [0.15, 0.2) is 41.3 Å². The number of hydrogen-bond acceptors (Lipinski definition) is 5.